The summed E-state index contributed by atoms with van der Waals surface area (Å²) in [6, 6.07) is 7.36. The number of ketones is 1. The Kier molecular flexibility index (Phi) is 3.59. The van der Waals surface area contributed by atoms with Crippen LogP contribution in [0.15, 0.2) is 24.3 Å². The fourth-order valence-corrected chi connectivity index (χ4v) is 3.38. The number of aryl methyl sites for hydroxylation is 1. The van der Waals surface area contributed by atoms with Gasteiger partial charge in [-0.1, -0.05) is 36.0 Å². The first kappa shape index (κ1) is 13.9. The molecular formula is C16H16N2O2S. The molecule has 0 saturated heterocycles. The number of anilines is 1. The average Bonchev–Trinajstić information content (AvgIpc) is 2.82. The lowest BCUT2D eigenvalue weighted by atomic mass is 9.92. The number of fused-ring (bicyclic) bond motifs is 1. The number of rotatable bonds is 2. The Balaban J connectivity index is 1.80. The molecule has 1 N–H and O–H groups in total. The first-order chi connectivity index (χ1) is 10.0. The Morgan fingerprint density at radius 2 is 2.00 bits per heavy atom. The molecule has 5 heteroatoms. The van der Waals surface area contributed by atoms with Gasteiger partial charge in [0.2, 0.25) is 0 Å². The molecule has 0 unspecified atom stereocenters. The first-order valence-corrected chi connectivity index (χ1v) is 7.75. The van der Waals surface area contributed by atoms with E-state index in [9.17, 15) is 9.59 Å². The van der Waals surface area contributed by atoms with Crippen LogP contribution in [0.25, 0.3) is 0 Å². The third-order valence-corrected chi connectivity index (χ3v) is 4.61. The summed E-state index contributed by atoms with van der Waals surface area (Å²) in [7, 11) is 0. The summed E-state index contributed by atoms with van der Waals surface area (Å²) >= 11 is 1.28. The van der Waals surface area contributed by atoms with Crippen LogP contribution in [-0.2, 0) is 6.42 Å². The van der Waals surface area contributed by atoms with E-state index in [1.54, 1.807) is 12.1 Å². The van der Waals surface area contributed by atoms with E-state index in [4.69, 9.17) is 0 Å². The third kappa shape index (κ3) is 2.88. The zero-order valence-corrected chi connectivity index (χ0v) is 12.8. The van der Waals surface area contributed by atoms with Crippen LogP contribution in [0.2, 0.25) is 0 Å². The Bertz CT molecular complexity index is 704. The highest BCUT2D eigenvalue weighted by Gasteiger charge is 2.26. The number of hydrogen-bond acceptors (Lipinski definition) is 4. The van der Waals surface area contributed by atoms with E-state index in [-0.39, 0.29) is 11.7 Å². The Morgan fingerprint density at radius 1 is 1.29 bits per heavy atom. The monoisotopic (exact) mass is 300 g/mol. The van der Waals surface area contributed by atoms with Crippen molar-refractivity contribution in [2.24, 2.45) is 5.92 Å². The van der Waals surface area contributed by atoms with Gasteiger partial charge in [0.15, 0.2) is 10.9 Å². The lowest BCUT2D eigenvalue weighted by Crippen LogP contribution is -2.16. The second-order valence-electron chi connectivity index (χ2n) is 5.55. The van der Waals surface area contributed by atoms with E-state index in [1.165, 1.54) is 11.3 Å². The van der Waals surface area contributed by atoms with Crippen molar-refractivity contribution in [3.05, 3.63) is 46.0 Å². The highest BCUT2D eigenvalue weighted by atomic mass is 32.1. The summed E-state index contributed by atoms with van der Waals surface area (Å²) in [6.07, 6.45) is 1.37. The van der Waals surface area contributed by atoms with Crippen LogP contribution in [0, 0.1) is 12.8 Å². The van der Waals surface area contributed by atoms with Gasteiger partial charge in [-0.2, -0.15) is 0 Å². The van der Waals surface area contributed by atoms with Crippen LogP contribution >= 0.6 is 11.3 Å². The zero-order chi connectivity index (χ0) is 15.0. The summed E-state index contributed by atoms with van der Waals surface area (Å²) in [5.41, 5.74) is 2.52. The van der Waals surface area contributed by atoms with Crippen LogP contribution in [0.4, 0.5) is 5.13 Å². The number of benzene rings is 1. The van der Waals surface area contributed by atoms with Gasteiger partial charge < -0.3 is 0 Å². The number of nitrogens with one attached hydrogen (secondary N) is 1. The molecule has 0 bridgehead atoms. The number of nitrogens with zero attached hydrogens (tertiary/aromatic N) is 1. The minimum absolute atomic E-state index is 0.136. The van der Waals surface area contributed by atoms with E-state index in [1.807, 2.05) is 26.0 Å². The van der Waals surface area contributed by atoms with Gasteiger partial charge in [0.1, 0.15) is 0 Å². The Labute approximate surface area is 127 Å². The molecule has 3 rings (SSSR count). The third-order valence-electron chi connectivity index (χ3n) is 3.56. The molecule has 1 aliphatic carbocycles. The topological polar surface area (TPSA) is 59.1 Å². The highest BCUT2D eigenvalue weighted by molar-refractivity contribution is 7.17. The quantitative estimate of drug-likeness (QED) is 0.924. The van der Waals surface area contributed by atoms with Gasteiger partial charge in [0.05, 0.1) is 10.6 Å². The lowest BCUT2D eigenvalue weighted by molar-refractivity contribution is 0.0956. The summed E-state index contributed by atoms with van der Waals surface area (Å²) in [5, 5.41) is 3.29. The van der Waals surface area contributed by atoms with Crippen LogP contribution in [-0.4, -0.2) is 16.7 Å². The Morgan fingerprint density at radius 3 is 2.71 bits per heavy atom. The van der Waals surface area contributed by atoms with E-state index < -0.39 is 0 Å². The standard InChI is InChI=1S/C16H16N2O2S/c1-9-3-5-11(6-4-9)15(20)18-16-17-12-7-10(2)8-13(19)14(12)21-16/h3-6,10H,7-8H2,1-2H3,(H,17,18,20)/t10-/m1/s1. The molecule has 0 radical (unpaired) electrons. The Hall–Kier alpha value is -2.01. The first-order valence-electron chi connectivity index (χ1n) is 6.94. The van der Waals surface area contributed by atoms with Crippen molar-refractivity contribution in [1.29, 1.82) is 0 Å². The number of hydrogen-bond donors (Lipinski definition) is 1. The van der Waals surface area contributed by atoms with Gasteiger partial charge in [-0.15, -0.1) is 0 Å². The van der Waals surface area contributed by atoms with E-state index in [2.05, 4.69) is 10.3 Å². The number of carbonyl (C=O) groups is 2. The van der Waals surface area contributed by atoms with E-state index in [0.717, 1.165) is 17.7 Å². The molecule has 1 amide bonds. The van der Waals surface area contributed by atoms with Gasteiger partial charge in [0.25, 0.3) is 5.91 Å². The van der Waals surface area contributed by atoms with Gasteiger partial charge in [0, 0.05) is 12.0 Å². The van der Waals surface area contributed by atoms with Crippen molar-refractivity contribution in [3.8, 4) is 0 Å². The molecule has 4 nitrogen and oxygen atoms in total. The molecule has 1 heterocycles. The summed E-state index contributed by atoms with van der Waals surface area (Å²) in [6.45, 7) is 4.02. The molecule has 108 valence electrons. The van der Waals surface area contributed by atoms with Crippen molar-refractivity contribution in [1.82, 2.24) is 4.98 Å². The maximum atomic E-state index is 12.2. The van der Waals surface area contributed by atoms with Crippen molar-refractivity contribution >= 4 is 28.2 Å². The molecular weight excluding hydrogens is 284 g/mol. The van der Waals surface area contributed by atoms with Gasteiger partial charge in [-0.3, -0.25) is 14.9 Å². The van der Waals surface area contributed by atoms with Crippen molar-refractivity contribution in [2.45, 2.75) is 26.7 Å². The van der Waals surface area contributed by atoms with Crippen LogP contribution in [0.3, 0.4) is 0 Å². The van der Waals surface area contributed by atoms with Gasteiger partial charge in [-0.25, -0.2) is 4.98 Å². The molecule has 0 aliphatic heterocycles. The number of aromatic nitrogens is 1. The van der Waals surface area contributed by atoms with E-state index in [0.29, 0.717) is 27.9 Å². The molecule has 1 atom stereocenters. The molecule has 21 heavy (non-hydrogen) atoms. The number of Topliss-reactive ketones (excluding diaryl/α,β-unsaturated/α-hetero) is 1. The van der Waals surface area contributed by atoms with Crippen LogP contribution in [0.1, 0.15) is 44.6 Å². The van der Waals surface area contributed by atoms with Crippen LogP contribution < -0.4 is 5.32 Å². The fourth-order valence-electron chi connectivity index (χ4n) is 2.45. The smallest absolute Gasteiger partial charge is 0.257 e. The molecule has 1 aromatic heterocycles. The highest BCUT2D eigenvalue weighted by Crippen LogP contribution is 2.32. The fraction of sp³-hybridized carbons (Fsp3) is 0.312. The van der Waals surface area contributed by atoms with Crippen molar-refractivity contribution in [3.63, 3.8) is 0 Å². The normalized spacial score (nSPS) is 17.4. The van der Waals surface area contributed by atoms with Gasteiger partial charge >= 0.3 is 0 Å². The second-order valence-corrected chi connectivity index (χ2v) is 6.55. The molecule has 0 fully saturated rings. The minimum Gasteiger partial charge on any atom is -0.298 e. The maximum Gasteiger partial charge on any atom is 0.257 e. The molecule has 0 spiro atoms. The maximum absolute atomic E-state index is 12.2. The molecule has 1 aromatic carbocycles. The average molecular weight is 300 g/mol. The van der Waals surface area contributed by atoms with Crippen molar-refractivity contribution < 1.29 is 9.59 Å². The number of thiazole rings is 1. The zero-order valence-electron chi connectivity index (χ0n) is 12.0. The predicted molar refractivity (Wildman–Crippen MR) is 83.1 cm³/mol. The van der Waals surface area contributed by atoms with Crippen molar-refractivity contribution in [2.75, 3.05) is 5.32 Å². The SMILES string of the molecule is Cc1ccc(C(=O)Nc2nc3c(s2)C(=O)C[C@H](C)C3)cc1. The summed E-state index contributed by atoms with van der Waals surface area (Å²) in [4.78, 5) is 29.2. The predicted octanol–water partition coefficient (Wildman–Crippen LogP) is 3.47. The second kappa shape index (κ2) is 5.41. The largest absolute Gasteiger partial charge is 0.298 e. The molecule has 2 aromatic rings. The van der Waals surface area contributed by atoms with E-state index >= 15 is 0 Å². The molecule has 0 saturated carbocycles. The summed E-state index contributed by atoms with van der Waals surface area (Å²) in [5.74, 6) is 0.270. The number of amides is 1. The summed E-state index contributed by atoms with van der Waals surface area (Å²) < 4.78 is 0. The lowest BCUT2D eigenvalue weighted by Gasteiger charge is -2.14. The molecule has 1 aliphatic rings. The number of carbonyl (C=O) groups excluding carboxylic acids is 2. The van der Waals surface area contributed by atoms with Gasteiger partial charge in [-0.05, 0) is 31.4 Å². The van der Waals surface area contributed by atoms with Crippen LogP contribution in [0.5, 0.6) is 0 Å². The minimum atomic E-state index is -0.193.